The van der Waals surface area contributed by atoms with Gasteiger partial charge >= 0.3 is 0 Å². The van der Waals surface area contributed by atoms with Gasteiger partial charge in [0.25, 0.3) is 0 Å². The standard InChI is InChI=1S/C11H18N4O2/c1-7-5-10(7)15-9(3-4-17-2)8(13-14-15)6-11(12)16/h7,10H,3-6H2,1-2H3,(H2,12,16). The number of hydrogen-bond donors (Lipinski definition) is 1. The van der Waals surface area contributed by atoms with E-state index in [4.69, 9.17) is 10.5 Å². The van der Waals surface area contributed by atoms with Crippen LogP contribution in [0.5, 0.6) is 0 Å². The van der Waals surface area contributed by atoms with E-state index in [1.54, 1.807) is 7.11 Å². The normalized spacial score (nSPS) is 22.7. The minimum absolute atomic E-state index is 0.153. The van der Waals surface area contributed by atoms with E-state index in [0.717, 1.165) is 18.5 Å². The first-order valence-electron chi connectivity index (χ1n) is 5.83. The second kappa shape index (κ2) is 4.83. The average Bonchev–Trinajstić information content (AvgIpc) is 2.86. The molecule has 2 unspecified atom stereocenters. The monoisotopic (exact) mass is 238 g/mol. The van der Waals surface area contributed by atoms with Crippen molar-refractivity contribution in [3.63, 3.8) is 0 Å². The molecule has 0 bridgehead atoms. The van der Waals surface area contributed by atoms with Crippen molar-refractivity contribution in [2.24, 2.45) is 11.7 Å². The number of nitrogens with zero attached hydrogens (tertiary/aromatic N) is 3. The minimum Gasteiger partial charge on any atom is -0.384 e. The molecule has 17 heavy (non-hydrogen) atoms. The van der Waals surface area contributed by atoms with Gasteiger partial charge < -0.3 is 10.5 Å². The van der Waals surface area contributed by atoms with E-state index in [1.807, 2.05) is 4.68 Å². The summed E-state index contributed by atoms with van der Waals surface area (Å²) in [6.45, 7) is 2.78. The first-order chi connectivity index (χ1) is 8.13. The molecule has 0 aliphatic heterocycles. The van der Waals surface area contributed by atoms with Gasteiger partial charge in [0.05, 0.1) is 30.5 Å². The summed E-state index contributed by atoms with van der Waals surface area (Å²) >= 11 is 0. The third-order valence-corrected chi connectivity index (χ3v) is 3.14. The molecule has 1 aliphatic rings. The maximum Gasteiger partial charge on any atom is 0.223 e. The van der Waals surface area contributed by atoms with Crippen LogP contribution in [0.15, 0.2) is 0 Å². The van der Waals surface area contributed by atoms with Gasteiger partial charge in [-0.25, -0.2) is 4.68 Å². The molecule has 0 spiro atoms. The predicted octanol–water partition coefficient (Wildman–Crippen LogP) is 0.0757. The molecular weight excluding hydrogens is 220 g/mol. The van der Waals surface area contributed by atoms with Crippen LogP contribution in [0.4, 0.5) is 0 Å². The molecule has 0 saturated heterocycles. The fourth-order valence-corrected chi connectivity index (χ4v) is 2.02. The quantitative estimate of drug-likeness (QED) is 0.760. The summed E-state index contributed by atoms with van der Waals surface area (Å²) in [5, 5.41) is 8.20. The van der Waals surface area contributed by atoms with Crippen LogP contribution >= 0.6 is 0 Å². The number of amides is 1. The molecule has 1 aromatic rings. The summed E-state index contributed by atoms with van der Waals surface area (Å²) in [5.74, 6) is 0.263. The molecule has 2 rings (SSSR count). The summed E-state index contributed by atoms with van der Waals surface area (Å²) in [4.78, 5) is 11.0. The summed E-state index contributed by atoms with van der Waals surface area (Å²) < 4.78 is 7.00. The zero-order valence-electron chi connectivity index (χ0n) is 10.2. The largest absolute Gasteiger partial charge is 0.384 e. The van der Waals surface area contributed by atoms with Crippen LogP contribution in [0.1, 0.15) is 30.8 Å². The van der Waals surface area contributed by atoms with Crippen molar-refractivity contribution in [2.75, 3.05) is 13.7 Å². The van der Waals surface area contributed by atoms with Crippen LogP contribution in [-0.2, 0) is 22.4 Å². The molecule has 1 fully saturated rings. The predicted molar refractivity (Wildman–Crippen MR) is 61.3 cm³/mol. The van der Waals surface area contributed by atoms with E-state index < -0.39 is 0 Å². The van der Waals surface area contributed by atoms with Gasteiger partial charge in [-0.3, -0.25) is 4.79 Å². The molecule has 1 aliphatic carbocycles. The van der Waals surface area contributed by atoms with E-state index in [9.17, 15) is 4.79 Å². The van der Waals surface area contributed by atoms with Crippen LogP contribution in [0, 0.1) is 5.92 Å². The van der Waals surface area contributed by atoms with Crippen molar-refractivity contribution < 1.29 is 9.53 Å². The second-order valence-electron chi connectivity index (χ2n) is 4.59. The third kappa shape index (κ3) is 2.63. The highest BCUT2D eigenvalue weighted by Gasteiger charge is 2.37. The maximum atomic E-state index is 11.0. The molecule has 94 valence electrons. The number of nitrogens with two attached hydrogens (primary N) is 1. The third-order valence-electron chi connectivity index (χ3n) is 3.14. The van der Waals surface area contributed by atoms with Crippen molar-refractivity contribution >= 4 is 5.91 Å². The van der Waals surface area contributed by atoms with Crippen molar-refractivity contribution in [1.29, 1.82) is 0 Å². The van der Waals surface area contributed by atoms with Crippen LogP contribution < -0.4 is 5.73 Å². The summed E-state index contributed by atoms with van der Waals surface area (Å²) in [5.41, 5.74) is 6.88. The lowest BCUT2D eigenvalue weighted by atomic mass is 10.2. The molecule has 1 heterocycles. The molecule has 6 nitrogen and oxygen atoms in total. The van der Waals surface area contributed by atoms with Gasteiger partial charge in [-0.05, 0) is 12.3 Å². The smallest absolute Gasteiger partial charge is 0.223 e. The maximum absolute atomic E-state index is 11.0. The second-order valence-corrected chi connectivity index (χ2v) is 4.59. The van der Waals surface area contributed by atoms with Gasteiger partial charge in [0.15, 0.2) is 0 Å². The summed E-state index contributed by atoms with van der Waals surface area (Å²) in [6, 6.07) is 0.427. The minimum atomic E-state index is -0.375. The van der Waals surface area contributed by atoms with Gasteiger partial charge in [0.1, 0.15) is 0 Å². The van der Waals surface area contributed by atoms with Gasteiger partial charge in [-0.1, -0.05) is 12.1 Å². The highest BCUT2D eigenvalue weighted by molar-refractivity contribution is 5.76. The van der Waals surface area contributed by atoms with Crippen LogP contribution in [-0.4, -0.2) is 34.6 Å². The Hall–Kier alpha value is -1.43. The van der Waals surface area contributed by atoms with Crippen LogP contribution in [0.3, 0.4) is 0 Å². The molecule has 1 aromatic heterocycles. The number of rotatable bonds is 6. The molecule has 2 atom stereocenters. The number of methoxy groups -OCH3 is 1. The first-order valence-corrected chi connectivity index (χ1v) is 5.83. The number of primary amides is 1. The molecule has 6 heteroatoms. The Kier molecular flexibility index (Phi) is 3.42. The lowest BCUT2D eigenvalue weighted by Crippen LogP contribution is -2.16. The lowest BCUT2D eigenvalue weighted by Gasteiger charge is -2.06. The number of carbonyl (C=O) groups excluding carboxylic acids is 1. The molecule has 1 amide bonds. The fourth-order valence-electron chi connectivity index (χ4n) is 2.02. The Morgan fingerprint density at radius 2 is 2.35 bits per heavy atom. The number of hydrogen-bond acceptors (Lipinski definition) is 4. The SMILES string of the molecule is COCCc1c(CC(N)=O)nnn1C1CC1C. The van der Waals surface area contributed by atoms with E-state index in [2.05, 4.69) is 17.2 Å². The highest BCUT2D eigenvalue weighted by Crippen LogP contribution is 2.43. The number of ether oxygens (including phenoxy) is 1. The average molecular weight is 238 g/mol. The highest BCUT2D eigenvalue weighted by atomic mass is 16.5. The Labute approximate surface area is 100 Å². The molecule has 0 aromatic carbocycles. The van der Waals surface area contributed by atoms with Gasteiger partial charge in [-0.2, -0.15) is 0 Å². The zero-order valence-corrected chi connectivity index (χ0v) is 10.2. The van der Waals surface area contributed by atoms with Gasteiger partial charge in [0.2, 0.25) is 5.91 Å². The number of aromatic nitrogens is 3. The van der Waals surface area contributed by atoms with E-state index >= 15 is 0 Å². The Morgan fingerprint density at radius 3 is 2.88 bits per heavy atom. The van der Waals surface area contributed by atoms with Crippen molar-refractivity contribution in [1.82, 2.24) is 15.0 Å². The van der Waals surface area contributed by atoms with Crippen molar-refractivity contribution in [2.45, 2.75) is 32.2 Å². The van der Waals surface area contributed by atoms with Crippen molar-refractivity contribution in [3.05, 3.63) is 11.4 Å². The number of carbonyl (C=O) groups is 1. The molecular formula is C11H18N4O2. The van der Waals surface area contributed by atoms with Crippen molar-refractivity contribution in [3.8, 4) is 0 Å². The topological polar surface area (TPSA) is 83.0 Å². The fraction of sp³-hybridized carbons (Fsp3) is 0.727. The summed E-state index contributed by atoms with van der Waals surface area (Å²) in [6.07, 6.45) is 1.99. The Morgan fingerprint density at radius 1 is 1.65 bits per heavy atom. The van der Waals surface area contributed by atoms with E-state index in [1.165, 1.54) is 0 Å². The Bertz CT molecular complexity index is 416. The van der Waals surface area contributed by atoms with Gasteiger partial charge in [-0.15, -0.1) is 5.10 Å². The van der Waals surface area contributed by atoms with Gasteiger partial charge in [0, 0.05) is 13.5 Å². The van der Waals surface area contributed by atoms with E-state index in [-0.39, 0.29) is 12.3 Å². The van der Waals surface area contributed by atoms with Crippen LogP contribution in [0.25, 0.3) is 0 Å². The van der Waals surface area contributed by atoms with E-state index in [0.29, 0.717) is 24.3 Å². The first kappa shape index (κ1) is 12.0. The lowest BCUT2D eigenvalue weighted by molar-refractivity contribution is -0.117. The Balaban J connectivity index is 2.19. The van der Waals surface area contributed by atoms with Crippen LogP contribution in [0.2, 0.25) is 0 Å². The molecule has 0 radical (unpaired) electrons. The molecule has 1 saturated carbocycles. The zero-order chi connectivity index (χ0) is 12.4. The summed E-state index contributed by atoms with van der Waals surface area (Å²) in [7, 11) is 1.65. The molecule has 2 N–H and O–H groups in total.